The predicted molar refractivity (Wildman–Crippen MR) is 51.0 cm³/mol. The topological polar surface area (TPSA) is 38.9 Å². The average molecular weight is 164 g/mol. The number of nitrogens with zero attached hydrogens (tertiary/aromatic N) is 1. The molecule has 2 nitrogen and oxygen atoms in total. The van der Waals surface area contributed by atoms with Crippen molar-refractivity contribution >= 4 is 0 Å². The molecular formula is C10H16N2. The molecule has 0 fully saturated rings. The average Bonchev–Trinajstić information content (AvgIpc) is 2.09. The maximum absolute atomic E-state index is 5.41. The van der Waals surface area contributed by atoms with Gasteiger partial charge in [-0.2, -0.15) is 0 Å². The molecule has 0 saturated heterocycles. The minimum Gasteiger partial charge on any atom is -0.330 e. The Morgan fingerprint density at radius 1 is 1.42 bits per heavy atom. The van der Waals surface area contributed by atoms with Crippen molar-refractivity contribution in [3.8, 4) is 0 Å². The SMILES string of the molecule is Cc1cccnc1CCCCN. The summed E-state index contributed by atoms with van der Waals surface area (Å²) in [5.41, 5.74) is 7.91. The van der Waals surface area contributed by atoms with E-state index in [0.717, 1.165) is 25.8 Å². The third-order valence-corrected chi connectivity index (χ3v) is 1.99. The third-order valence-electron chi connectivity index (χ3n) is 1.99. The van der Waals surface area contributed by atoms with Crippen molar-refractivity contribution in [1.82, 2.24) is 4.98 Å². The predicted octanol–water partition coefficient (Wildman–Crippen LogP) is 1.67. The summed E-state index contributed by atoms with van der Waals surface area (Å²) in [5, 5.41) is 0. The van der Waals surface area contributed by atoms with E-state index in [4.69, 9.17) is 5.73 Å². The maximum Gasteiger partial charge on any atom is 0.0432 e. The lowest BCUT2D eigenvalue weighted by Gasteiger charge is -2.02. The number of pyridine rings is 1. The van der Waals surface area contributed by atoms with Gasteiger partial charge in [-0.3, -0.25) is 4.98 Å². The fraction of sp³-hybridized carbons (Fsp3) is 0.500. The summed E-state index contributed by atoms with van der Waals surface area (Å²) >= 11 is 0. The summed E-state index contributed by atoms with van der Waals surface area (Å²) in [7, 11) is 0. The molecule has 66 valence electrons. The van der Waals surface area contributed by atoms with Crippen molar-refractivity contribution in [3.05, 3.63) is 29.6 Å². The molecule has 0 saturated carbocycles. The Hall–Kier alpha value is -0.890. The molecule has 1 aromatic rings. The number of rotatable bonds is 4. The van der Waals surface area contributed by atoms with E-state index in [9.17, 15) is 0 Å². The Morgan fingerprint density at radius 3 is 2.92 bits per heavy atom. The molecule has 0 aromatic carbocycles. The van der Waals surface area contributed by atoms with E-state index in [0.29, 0.717) is 0 Å². The summed E-state index contributed by atoms with van der Waals surface area (Å²) in [6, 6.07) is 4.08. The summed E-state index contributed by atoms with van der Waals surface area (Å²) in [5.74, 6) is 0. The van der Waals surface area contributed by atoms with Crippen molar-refractivity contribution < 1.29 is 0 Å². The van der Waals surface area contributed by atoms with Crippen molar-refractivity contribution in [1.29, 1.82) is 0 Å². The largest absolute Gasteiger partial charge is 0.330 e. The molecule has 2 heteroatoms. The summed E-state index contributed by atoms with van der Waals surface area (Å²) in [6.45, 7) is 2.89. The normalized spacial score (nSPS) is 10.2. The minimum atomic E-state index is 0.784. The van der Waals surface area contributed by atoms with E-state index >= 15 is 0 Å². The van der Waals surface area contributed by atoms with Gasteiger partial charge < -0.3 is 5.73 Å². The molecule has 0 aliphatic carbocycles. The second-order valence-corrected chi connectivity index (χ2v) is 3.01. The van der Waals surface area contributed by atoms with Crippen LogP contribution in [0.4, 0.5) is 0 Å². The molecule has 0 bridgehead atoms. The quantitative estimate of drug-likeness (QED) is 0.687. The van der Waals surface area contributed by atoms with E-state index < -0.39 is 0 Å². The Balaban J connectivity index is 2.46. The van der Waals surface area contributed by atoms with Crippen LogP contribution in [-0.2, 0) is 6.42 Å². The van der Waals surface area contributed by atoms with Crippen molar-refractivity contribution in [2.45, 2.75) is 26.2 Å². The number of hydrogen-bond donors (Lipinski definition) is 1. The van der Waals surface area contributed by atoms with Crippen LogP contribution in [0.25, 0.3) is 0 Å². The van der Waals surface area contributed by atoms with Crippen molar-refractivity contribution in [2.75, 3.05) is 6.54 Å². The number of nitrogens with two attached hydrogens (primary N) is 1. The zero-order valence-corrected chi connectivity index (χ0v) is 7.59. The first-order chi connectivity index (χ1) is 5.84. The van der Waals surface area contributed by atoms with Crippen LogP contribution < -0.4 is 5.73 Å². The molecule has 0 aliphatic rings. The lowest BCUT2D eigenvalue weighted by Crippen LogP contribution is -2.00. The molecule has 0 unspecified atom stereocenters. The highest BCUT2D eigenvalue weighted by Gasteiger charge is 1.96. The van der Waals surface area contributed by atoms with Gasteiger partial charge in [0.2, 0.25) is 0 Å². The molecule has 1 aromatic heterocycles. The fourth-order valence-electron chi connectivity index (χ4n) is 1.22. The lowest BCUT2D eigenvalue weighted by molar-refractivity contribution is 0.729. The molecule has 12 heavy (non-hydrogen) atoms. The Morgan fingerprint density at radius 2 is 2.25 bits per heavy atom. The van der Waals surface area contributed by atoms with Crippen LogP contribution in [0.2, 0.25) is 0 Å². The highest BCUT2D eigenvalue weighted by molar-refractivity contribution is 5.17. The van der Waals surface area contributed by atoms with Crippen molar-refractivity contribution in [3.63, 3.8) is 0 Å². The molecule has 0 spiro atoms. The molecule has 1 rings (SSSR count). The first-order valence-corrected chi connectivity index (χ1v) is 4.45. The van der Waals surface area contributed by atoms with Crippen LogP contribution in [0.3, 0.4) is 0 Å². The van der Waals surface area contributed by atoms with Gasteiger partial charge in [-0.1, -0.05) is 6.07 Å². The van der Waals surface area contributed by atoms with Gasteiger partial charge in [-0.25, -0.2) is 0 Å². The fourth-order valence-corrected chi connectivity index (χ4v) is 1.22. The third kappa shape index (κ3) is 2.62. The Labute approximate surface area is 73.8 Å². The first-order valence-electron chi connectivity index (χ1n) is 4.45. The lowest BCUT2D eigenvalue weighted by atomic mass is 10.1. The number of aryl methyl sites for hydroxylation is 2. The van der Waals surface area contributed by atoms with Gasteiger partial charge >= 0.3 is 0 Å². The standard InChI is InChI=1S/C10H16N2/c1-9-5-4-8-12-10(9)6-2-3-7-11/h4-5,8H,2-3,6-7,11H2,1H3. The zero-order chi connectivity index (χ0) is 8.81. The van der Waals surface area contributed by atoms with Gasteiger partial charge in [0.15, 0.2) is 0 Å². The van der Waals surface area contributed by atoms with E-state index in [-0.39, 0.29) is 0 Å². The summed E-state index contributed by atoms with van der Waals surface area (Å²) < 4.78 is 0. The van der Waals surface area contributed by atoms with E-state index in [2.05, 4.69) is 18.0 Å². The van der Waals surface area contributed by atoms with Gasteiger partial charge in [-0.15, -0.1) is 0 Å². The zero-order valence-electron chi connectivity index (χ0n) is 7.59. The van der Waals surface area contributed by atoms with E-state index in [1.165, 1.54) is 11.3 Å². The smallest absolute Gasteiger partial charge is 0.0432 e. The van der Waals surface area contributed by atoms with Gasteiger partial charge in [-0.05, 0) is 44.4 Å². The molecule has 2 N–H and O–H groups in total. The van der Waals surface area contributed by atoms with E-state index in [1.54, 1.807) is 0 Å². The van der Waals surface area contributed by atoms with Crippen LogP contribution in [0.1, 0.15) is 24.1 Å². The molecule has 0 aliphatic heterocycles. The summed E-state index contributed by atoms with van der Waals surface area (Å²) in [4.78, 5) is 4.31. The van der Waals surface area contributed by atoms with Gasteiger partial charge in [0, 0.05) is 11.9 Å². The van der Waals surface area contributed by atoms with Crippen molar-refractivity contribution in [2.24, 2.45) is 5.73 Å². The van der Waals surface area contributed by atoms with Crippen LogP contribution in [0.15, 0.2) is 18.3 Å². The van der Waals surface area contributed by atoms with Crippen LogP contribution in [0, 0.1) is 6.92 Å². The second kappa shape index (κ2) is 4.88. The molecular weight excluding hydrogens is 148 g/mol. The number of hydrogen-bond acceptors (Lipinski definition) is 2. The Kier molecular flexibility index (Phi) is 3.74. The number of aromatic nitrogens is 1. The van der Waals surface area contributed by atoms with Gasteiger partial charge in [0.05, 0.1) is 0 Å². The monoisotopic (exact) mass is 164 g/mol. The second-order valence-electron chi connectivity index (χ2n) is 3.01. The highest BCUT2D eigenvalue weighted by Crippen LogP contribution is 2.06. The molecule has 0 atom stereocenters. The summed E-state index contributed by atoms with van der Waals surface area (Å²) in [6.07, 6.45) is 5.15. The highest BCUT2D eigenvalue weighted by atomic mass is 14.7. The van der Waals surface area contributed by atoms with Gasteiger partial charge in [0.1, 0.15) is 0 Å². The molecule has 1 heterocycles. The van der Waals surface area contributed by atoms with Crippen LogP contribution in [-0.4, -0.2) is 11.5 Å². The molecule has 0 amide bonds. The van der Waals surface area contributed by atoms with Gasteiger partial charge in [0.25, 0.3) is 0 Å². The van der Waals surface area contributed by atoms with Crippen LogP contribution >= 0.6 is 0 Å². The Bertz CT molecular complexity index is 233. The van der Waals surface area contributed by atoms with Crippen LogP contribution in [0.5, 0.6) is 0 Å². The molecule has 0 radical (unpaired) electrons. The van der Waals surface area contributed by atoms with E-state index in [1.807, 2.05) is 12.3 Å². The minimum absolute atomic E-state index is 0.784. The first kappa shape index (κ1) is 9.20. The maximum atomic E-state index is 5.41. The number of unbranched alkanes of at least 4 members (excludes halogenated alkanes) is 1.